The summed E-state index contributed by atoms with van der Waals surface area (Å²) >= 11 is 0. The van der Waals surface area contributed by atoms with Crippen molar-refractivity contribution in [1.29, 1.82) is 0 Å². The highest BCUT2D eigenvalue weighted by Crippen LogP contribution is 2.38. The van der Waals surface area contributed by atoms with Gasteiger partial charge in [0.25, 0.3) is 7.82 Å². The highest BCUT2D eigenvalue weighted by molar-refractivity contribution is 7.45. The van der Waals surface area contributed by atoms with E-state index in [1.165, 1.54) is 161 Å². The van der Waals surface area contributed by atoms with Crippen LogP contribution in [0.2, 0.25) is 0 Å². The van der Waals surface area contributed by atoms with Crippen LogP contribution in [0.1, 0.15) is 309 Å². The van der Waals surface area contributed by atoms with E-state index in [2.05, 4.69) is 135 Å². The normalized spacial score (nSPS) is 13.8. The minimum Gasteiger partial charge on any atom is -0.756 e. The molecule has 0 amide bonds. The molecule has 0 aliphatic carbocycles. The number of carbonyl (C=O) groups is 2. The van der Waals surface area contributed by atoms with Crippen LogP contribution in [0.5, 0.6) is 0 Å². The second-order valence-corrected chi connectivity index (χ2v) is 26.6. The number of phosphoric ester groups is 1. The molecule has 0 heterocycles. The molecule has 2 unspecified atom stereocenters. The van der Waals surface area contributed by atoms with Gasteiger partial charge in [-0.05, 0) is 109 Å². The Bertz CT molecular complexity index is 1900. The molecule has 2 atom stereocenters. The number of rotatable bonds is 66. The summed E-state index contributed by atoms with van der Waals surface area (Å²) in [5.41, 5.74) is 0. The van der Waals surface area contributed by atoms with Gasteiger partial charge < -0.3 is 27.9 Å². The Morgan fingerprint density at radius 3 is 0.966 bits per heavy atom. The van der Waals surface area contributed by atoms with Crippen LogP contribution in [0.25, 0.3) is 0 Å². The quantitative estimate of drug-likeness (QED) is 0.0195. The van der Waals surface area contributed by atoms with E-state index in [-0.39, 0.29) is 32.0 Å². The maximum Gasteiger partial charge on any atom is 0.306 e. The van der Waals surface area contributed by atoms with Crippen molar-refractivity contribution < 1.29 is 42.1 Å². The number of hydrogen-bond donors (Lipinski definition) is 0. The molecule has 506 valence electrons. The minimum atomic E-state index is -4.65. The molecule has 0 bridgehead atoms. The fourth-order valence-corrected chi connectivity index (χ4v) is 10.7. The fraction of sp³-hybridized carbons (Fsp3) is 0.718. The van der Waals surface area contributed by atoms with Gasteiger partial charge in [-0.3, -0.25) is 14.2 Å². The zero-order valence-corrected chi connectivity index (χ0v) is 58.5. The monoisotopic (exact) mass is 1250 g/mol. The van der Waals surface area contributed by atoms with E-state index in [0.717, 1.165) is 116 Å². The molecule has 0 aromatic rings. The van der Waals surface area contributed by atoms with E-state index in [4.69, 9.17) is 18.5 Å². The first kappa shape index (κ1) is 84.4. The number of allylic oxidation sites excluding steroid dienone is 20. The van der Waals surface area contributed by atoms with Gasteiger partial charge in [0.2, 0.25) is 0 Å². The maximum atomic E-state index is 12.9. The van der Waals surface area contributed by atoms with Crippen molar-refractivity contribution in [2.24, 2.45) is 0 Å². The predicted molar refractivity (Wildman–Crippen MR) is 378 cm³/mol. The Balaban J connectivity index is 4.08. The van der Waals surface area contributed by atoms with Crippen molar-refractivity contribution in [2.75, 3.05) is 47.5 Å². The van der Waals surface area contributed by atoms with Crippen LogP contribution < -0.4 is 4.89 Å². The van der Waals surface area contributed by atoms with Crippen LogP contribution in [0.3, 0.4) is 0 Å². The summed E-state index contributed by atoms with van der Waals surface area (Å²) in [6, 6.07) is 0. The summed E-state index contributed by atoms with van der Waals surface area (Å²) in [6.07, 6.45) is 97.1. The summed E-state index contributed by atoms with van der Waals surface area (Å²) < 4.78 is 34.3. The molecule has 0 aliphatic heterocycles. The number of unbranched alkanes of at least 4 members (excludes halogenated alkanes) is 32. The molecule has 0 saturated carbocycles. The lowest BCUT2D eigenvalue weighted by Gasteiger charge is -2.28. The molecular formula is C78H136NO8P. The van der Waals surface area contributed by atoms with Gasteiger partial charge in [-0.2, -0.15) is 0 Å². The number of nitrogens with zero attached hydrogens (tertiary/aromatic N) is 1. The molecule has 0 rings (SSSR count). The lowest BCUT2D eigenvalue weighted by molar-refractivity contribution is -0.870. The maximum absolute atomic E-state index is 12.9. The molecule has 0 radical (unpaired) electrons. The van der Waals surface area contributed by atoms with Gasteiger partial charge in [0, 0.05) is 12.8 Å². The number of likely N-dealkylation sites (N-methyl/N-ethyl adjacent to an activating group) is 1. The number of phosphoric acid groups is 1. The van der Waals surface area contributed by atoms with E-state index in [9.17, 15) is 19.0 Å². The van der Waals surface area contributed by atoms with Gasteiger partial charge >= 0.3 is 11.9 Å². The van der Waals surface area contributed by atoms with E-state index >= 15 is 0 Å². The molecule has 0 saturated heterocycles. The van der Waals surface area contributed by atoms with Crippen molar-refractivity contribution in [3.05, 3.63) is 122 Å². The molecule has 0 aliphatic rings. The lowest BCUT2D eigenvalue weighted by atomic mass is 10.0. The number of esters is 2. The topological polar surface area (TPSA) is 111 Å². The zero-order valence-electron chi connectivity index (χ0n) is 57.6. The summed E-state index contributed by atoms with van der Waals surface area (Å²) in [6.45, 7) is 4.12. The van der Waals surface area contributed by atoms with Crippen molar-refractivity contribution in [3.63, 3.8) is 0 Å². The van der Waals surface area contributed by atoms with Gasteiger partial charge in [0.05, 0.1) is 27.7 Å². The van der Waals surface area contributed by atoms with Crippen molar-refractivity contribution in [2.45, 2.75) is 315 Å². The van der Waals surface area contributed by atoms with E-state index in [1.807, 2.05) is 21.1 Å². The predicted octanol–water partition coefficient (Wildman–Crippen LogP) is 23.2. The molecule has 0 spiro atoms. The largest absolute Gasteiger partial charge is 0.756 e. The first-order valence-corrected chi connectivity index (χ1v) is 37.7. The van der Waals surface area contributed by atoms with Crippen LogP contribution in [0.15, 0.2) is 122 Å². The summed E-state index contributed by atoms with van der Waals surface area (Å²) in [4.78, 5) is 38.1. The van der Waals surface area contributed by atoms with E-state index in [1.54, 1.807) is 0 Å². The molecule has 88 heavy (non-hydrogen) atoms. The third-order valence-corrected chi connectivity index (χ3v) is 16.4. The number of hydrogen-bond acceptors (Lipinski definition) is 8. The zero-order chi connectivity index (χ0) is 64.1. The van der Waals surface area contributed by atoms with Crippen LogP contribution in [0, 0.1) is 0 Å². The number of ether oxygens (including phenoxy) is 2. The van der Waals surface area contributed by atoms with Gasteiger partial charge in [0.1, 0.15) is 19.8 Å². The summed E-state index contributed by atoms with van der Waals surface area (Å²) in [7, 11) is 1.15. The first-order valence-electron chi connectivity index (χ1n) is 36.2. The third-order valence-electron chi connectivity index (χ3n) is 15.5. The molecule has 0 fully saturated rings. The van der Waals surface area contributed by atoms with Gasteiger partial charge in [-0.15, -0.1) is 0 Å². The summed E-state index contributed by atoms with van der Waals surface area (Å²) in [5.74, 6) is -0.847. The Hall–Kier alpha value is -3.59. The van der Waals surface area contributed by atoms with Crippen LogP contribution in [0.4, 0.5) is 0 Å². The molecule has 0 aromatic carbocycles. The third kappa shape index (κ3) is 71.5. The van der Waals surface area contributed by atoms with Crippen molar-refractivity contribution >= 4 is 19.8 Å². The molecule has 10 heteroatoms. The second kappa shape index (κ2) is 67.8. The molecule has 9 nitrogen and oxygen atoms in total. The van der Waals surface area contributed by atoms with Crippen molar-refractivity contribution in [1.82, 2.24) is 0 Å². The Morgan fingerprint density at radius 1 is 0.364 bits per heavy atom. The number of carbonyl (C=O) groups excluding carboxylic acids is 2. The SMILES string of the molecule is CC/C=C\C/C=C\C/C=C\C/C=C\C/C=C\C/C=C\C/C=C\C/C=C\CCCCCCCCC(=O)OC(COC(=O)CCCCCCCCCCCCCCCCCCCCCCC/C=C\C/C=C\CCCCCCC)COP(=O)([O-])OCC[N+](C)(C)C. The van der Waals surface area contributed by atoms with Gasteiger partial charge in [0.15, 0.2) is 6.10 Å². The highest BCUT2D eigenvalue weighted by atomic mass is 31.2. The van der Waals surface area contributed by atoms with Crippen LogP contribution in [-0.2, 0) is 32.7 Å². The first-order chi connectivity index (χ1) is 43.0. The molecular weight excluding hydrogens is 1110 g/mol. The van der Waals surface area contributed by atoms with E-state index < -0.39 is 26.5 Å². The Labute approximate surface area is 543 Å². The average molecular weight is 1250 g/mol. The van der Waals surface area contributed by atoms with E-state index in [0.29, 0.717) is 17.4 Å². The summed E-state index contributed by atoms with van der Waals surface area (Å²) in [5, 5.41) is 0. The van der Waals surface area contributed by atoms with Gasteiger partial charge in [-0.1, -0.05) is 309 Å². The molecule has 0 aromatic heterocycles. The highest BCUT2D eigenvalue weighted by Gasteiger charge is 2.22. The number of quaternary nitrogens is 1. The Kier molecular flexibility index (Phi) is 65.0. The van der Waals surface area contributed by atoms with Gasteiger partial charge in [-0.25, -0.2) is 0 Å². The Morgan fingerprint density at radius 2 is 0.648 bits per heavy atom. The lowest BCUT2D eigenvalue weighted by Crippen LogP contribution is -2.37. The second-order valence-electron chi connectivity index (χ2n) is 25.2. The standard InChI is InChI=1S/C78H136NO8P/c1-6-8-10-12-14-16-18-20-22-24-26-28-30-32-34-36-38-39-41-42-44-46-48-50-52-54-56-58-60-62-64-66-68-70-77(80)84-74-76(75-86-88(82,83)85-73-72-79(3,4)5)87-78(81)71-69-67-65-63-61-59-57-55-53-51-49-47-45-43-40-37-35-33-31-29-27-25-23-21-19-17-15-13-11-9-7-2/h9,11,15,17-18,20-21,23-24,26-27,29,33,35,40,43,47,49,53,55,76H,6-8,10,12-14,16,19,22,25,28,30-32,34,36-39,41-42,44-46,48,50-52,54,56-75H2,1-5H3/b11-9-,17-15-,20-18-,23-21-,26-24-,29-27-,35-33-,43-40-,49-47-,55-53-. The van der Waals surface area contributed by atoms with Crippen LogP contribution in [-0.4, -0.2) is 70.0 Å². The smallest absolute Gasteiger partial charge is 0.306 e. The van der Waals surface area contributed by atoms with Crippen molar-refractivity contribution in [3.8, 4) is 0 Å². The molecule has 0 N–H and O–H groups in total. The van der Waals surface area contributed by atoms with Crippen LogP contribution >= 0.6 is 7.82 Å². The average Bonchev–Trinajstić information content (AvgIpc) is 3.68. The minimum absolute atomic E-state index is 0.0387. The fourth-order valence-electron chi connectivity index (χ4n) is 9.94.